The number of hydrogen-bond donors (Lipinski definition) is 7. The lowest BCUT2D eigenvalue weighted by molar-refractivity contribution is 0.412. The Morgan fingerprint density at radius 3 is 1.14 bits per heavy atom. The molecule has 7 heterocycles. The number of benzene rings is 7. The second kappa shape index (κ2) is 42.8. The molecule has 0 amide bonds. The summed E-state index contributed by atoms with van der Waals surface area (Å²) in [6, 6.07) is 49.5. The van der Waals surface area contributed by atoms with Crippen molar-refractivity contribution in [2.45, 2.75) is 40.3 Å². The summed E-state index contributed by atoms with van der Waals surface area (Å²) in [7, 11) is 2.54. The molecule has 14 rings (SSSR count). The van der Waals surface area contributed by atoms with Crippen molar-refractivity contribution in [3.8, 4) is 63.6 Å². The van der Waals surface area contributed by atoms with Crippen LogP contribution in [0.5, 0.6) is 63.6 Å². The Bertz CT molecular complexity index is 5430. The zero-order chi connectivity index (χ0) is 78.9. The lowest BCUT2D eigenvalue weighted by atomic mass is 10.3. The van der Waals surface area contributed by atoms with Crippen LogP contribution in [0.15, 0.2) is 190 Å². The number of nitrogens with zero attached hydrogens (tertiary/aromatic N) is 11. The Hall–Kier alpha value is -9.45. The molecular weight excluding hydrogens is 1670 g/mol. The first-order valence-corrected chi connectivity index (χ1v) is 40.1. The average Bonchev–Trinajstić information content (AvgIpc) is 1.75. The van der Waals surface area contributed by atoms with Crippen LogP contribution in [0.4, 0.5) is 11.6 Å². The van der Waals surface area contributed by atoms with Crippen LogP contribution in [-0.4, -0.2) is 137 Å². The van der Waals surface area contributed by atoms with E-state index < -0.39 is 9.84 Å². The maximum atomic E-state index is 12.1. The second-order valence-corrected chi connectivity index (χ2v) is 28.8. The van der Waals surface area contributed by atoms with Gasteiger partial charge < -0.3 is 69.6 Å². The number of thioether (sulfide) groups is 3. The van der Waals surface area contributed by atoms with E-state index in [2.05, 4.69) is 80.4 Å². The number of rotatable bonds is 21. The average molecular weight is 1740 g/mol. The van der Waals surface area contributed by atoms with Gasteiger partial charge in [0, 0.05) is 54.8 Å². The molecule has 7 aromatic carbocycles. The summed E-state index contributed by atoms with van der Waals surface area (Å²) in [5.41, 5.74) is 11.1. The highest BCUT2D eigenvalue weighted by atomic mass is 35.5. The van der Waals surface area contributed by atoms with Gasteiger partial charge >= 0.3 is 0 Å². The van der Waals surface area contributed by atoms with E-state index >= 15 is 0 Å². The molecule has 27 nitrogen and oxygen atoms in total. The van der Waals surface area contributed by atoms with Crippen LogP contribution >= 0.6 is 129 Å². The number of ether oxygens (including phenoxy) is 7. The molecule has 0 bridgehead atoms. The van der Waals surface area contributed by atoms with E-state index in [1.165, 1.54) is 66.7 Å². The van der Waals surface area contributed by atoms with Gasteiger partial charge in [0.15, 0.2) is 15.5 Å². The van der Waals surface area contributed by atoms with Gasteiger partial charge in [0.2, 0.25) is 27.5 Å². The van der Waals surface area contributed by atoms with Crippen LogP contribution in [0.3, 0.4) is 0 Å². The van der Waals surface area contributed by atoms with Crippen LogP contribution in [0.1, 0.15) is 17.5 Å². The Morgan fingerprint density at radius 2 is 0.757 bits per heavy atom. The molecule has 0 aliphatic carbocycles. The molecular formula is C72H67Cl8N17O10S4. The number of H-pyrrole nitrogens is 3. The van der Waals surface area contributed by atoms with Crippen LogP contribution < -0.4 is 49.5 Å². The Labute approximate surface area is 690 Å². The standard InChI is InChI=1S/C20H18ClN5O4S.C20H18ClN5O2S.C12H10Cl2N2O2S.C8H9N3.C7H7ClO2.C5H4Cl2N2S.ClH/c1-29-12-7-8-16(13(21)9-12)30-19-10-17(25-20(26-19)31(2,27)28)22-11-18-23-14-5-3-4-6-15(14)24-18;1-27-12-7-8-16(13(21)9-12)28-19-10-17(25-20(26-19)29-2)22-11-18-23-14-5-3-4-6-15(14)24-18;1-17-7-3-4-9(8(13)5-7)18-11-6-10(14)15-12(16-11)19-2;9-5-8-10-6-3-1-2-4-7(6)11-8;1-10-5-2-3-7(9)6(8)4-5;1-10-5-8-3(6)2-4(7)9-5;/h3-10H,11H2,1-2H3,(H,23,24)(H,22,25,26);3-10H,11H2,1-2H3,(H,23,24)(H,22,25,26);3-6H,1-2H3;1-4H,5,9H2,(H,10,11);2-4,9H,1H3;2H,1H3;1H. The van der Waals surface area contributed by atoms with Crippen LogP contribution in [0.25, 0.3) is 33.1 Å². The highest BCUT2D eigenvalue weighted by molar-refractivity contribution is 7.98. The van der Waals surface area contributed by atoms with Crippen molar-refractivity contribution in [2.75, 3.05) is 64.1 Å². The summed E-state index contributed by atoms with van der Waals surface area (Å²) < 4.78 is 61.5. The summed E-state index contributed by atoms with van der Waals surface area (Å²) in [6.07, 6.45) is 6.65. The van der Waals surface area contributed by atoms with Gasteiger partial charge in [0.25, 0.3) is 5.16 Å². The molecule has 8 N–H and O–H groups in total. The Morgan fingerprint density at radius 1 is 0.414 bits per heavy atom. The lowest BCUT2D eigenvalue weighted by Crippen LogP contribution is -2.09. The molecule has 0 aliphatic heterocycles. The predicted octanol–water partition coefficient (Wildman–Crippen LogP) is 19.3. The lowest BCUT2D eigenvalue weighted by Gasteiger charge is -2.11. The molecule has 0 fully saturated rings. The second-order valence-electron chi connectivity index (χ2n) is 21.8. The molecule has 0 atom stereocenters. The molecule has 14 aromatic rings. The maximum absolute atomic E-state index is 12.1. The summed E-state index contributed by atoms with van der Waals surface area (Å²) in [6.45, 7) is 1.24. The molecule has 0 unspecified atom stereocenters. The van der Waals surface area contributed by atoms with Gasteiger partial charge in [0.05, 0.1) is 101 Å². The molecule has 0 aliphatic rings. The first-order chi connectivity index (χ1) is 52.9. The first kappa shape index (κ1) is 87.1. The summed E-state index contributed by atoms with van der Waals surface area (Å²) in [5.74, 6) is 7.81. The number of aromatic hydroxyl groups is 1. The monoisotopic (exact) mass is 1740 g/mol. The highest BCUT2D eigenvalue weighted by Crippen LogP contribution is 2.37. The van der Waals surface area contributed by atoms with E-state index in [4.69, 9.17) is 125 Å². The zero-order valence-electron chi connectivity index (χ0n) is 59.6. The molecule has 0 radical (unpaired) electrons. The van der Waals surface area contributed by atoms with Gasteiger partial charge in [-0.05, 0) is 104 Å². The van der Waals surface area contributed by atoms with Crippen molar-refractivity contribution in [3.63, 3.8) is 0 Å². The van der Waals surface area contributed by atoms with Crippen LogP contribution in [0, 0.1) is 0 Å². The SMILES string of the molecule is COc1ccc(O)c(Cl)c1.COc1ccc(Oc2cc(Cl)nc(SC)n2)c(Cl)c1.COc1ccc(Oc2cc(NCc3nc4ccccc4[nH]3)nc(S(C)(=O)=O)n2)c(Cl)c1.COc1ccc(Oc2cc(NCc3nc4ccccc4[nH]3)nc(SC)n2)c(Cl)c1.CSc1nc(Cl)cc(Cl)n1.Cl.NCc1nc2ccccc2[nH]1. The van der Waals surface area contributed by atoms with E-state index in [-0.39, 0.29) is 46.6 Å². The van der Waals surface area contributed by atoms with Crippen LogP contribution in [-0.2, 0) is 29.5 Å². The molecule has 111 heavy (non-hydrogen) atoms. The summed E-state index contributed by atoms with van der Waals surface area (Å²) in [4.78, 5) is 55.8. The summed E-state index contributed by atoms with van der Waals surface area (Å²) in [5, 5.41) is 19.1. The fourth-order valence-corrected chi connectivity index (χ4v) is 12.2. The summed E-state index contributed by atoms with van der Waals surface area (Å²) >= 11 is 45.4. The number of hydrogen-bond acceptors (Lipinski definition) is 27. The molecule has 580 valence electrons. The fraction of sp³-hybridized carbons (Fsp3) is 0.153. The third kappa shape index (κ3) is 26.6. The highest BCUT2D eigenvalue weighted by Gasteiger charge is 2.19. The van der Waals surface area contributed by atoms with Crippen molar-refractivity contribution in [1.29, 1.82) is 0 Å². The van der Waals surface area contributed by atoms with Crippen molar-refractivity contribution < 1.29 is 46.7 Å². The third-order valence-corrected chi connectivity index (χ3v) is 18.4. The number of phenols is 1. The van der Waals surface area contributed by atoms with Crippen molar-refractivity contribution in [3.05, 3.63) is 223 Å². The maximum Gasteiger partial charge on any atom is 0.252 e. The zero-order valence-corrected chi connectivity index (χ0v) is 69.0. The minimum absolute atomic E-state index is 0. The van der Waals surface area contributed by atoms with Gasteiger partial charge in [-0.25, -0.2) is 48.3 Å². The molecule has 7 aromatic heterocycles. The van der Waals surface area contributed by atoms with E-state index in [1.807, 2.05) is 91.6 Å². The minimum Gasteiger partial charge on any atom is -0.506 e. The number of aromatic amines is 3. The Balaban J connectivity index is 0.000000177. The van der Waals surface area contributed by atoms with E-state index in [1.54, 1.807) is 94.1 Å². The van der Waals surface area contributed by atoms with Gasteiger partial charge in [-0.2, -0.15) is 15.0 Å². The van der Waals surface area contributed by atoms with E-state index in [0.29, 0.717) is 123 Å². The number of para-hydroxylation sites is 6. The van der Waals surface area contributed by atoms with E-state index in [9.17, 15) is 8.42 Å². The third-order valence-electron chi connectivity index (χ3n) is 14.1. The van der Waals surface area contributed by atoms with Crippen LogP contribution in [0.2, 0.25) is 35.5 Å². The quantitative estimate of drug-likeness (QED) is 0.0200. The fourth-order valence-electron chi connectivity index (χ4n) is 8.99. The number of phenolic OH excluding ortho intramolecular Hbond substituents is 1. The molecule has 0 spiro atoms. The number of sulfone groups is 1. The van der Waals surface area contributed by atoms with Crippen molar-refractivity contribution in [1.82, 2.24) is 69.8 Å². The van der Waals surface area contributed by atoms with E-state index in [0.717, 1.165) is 51.0 Å². The smallest absolute Gasteiger partial charge is 0.252 e. The van der Waals surface area contributed by atoms with Gasteiger partial charge in [-0.3, -0.25) is 0 Å². The molecule has 39 heteroatoms. The Kier molecular flexibility index (Phi) is 33.6. The number of methoxy groups -OCH3 is 4. The van der Waals surface area contributed by atoms with Gasteiger partial charge in [-0.1, -0.05) is 153 Å². The predicted molar refractivity (Wildman–Crippen MR) is 444 cm³/mol. The number of fused-ring (bicyclic) bond motifs is 3. The molecule has 0 saturated heterocycles. The number of nitrogens with one attached hydrogen (secondary N) is 5. The normalized spacial score (nSPS) is 10.6. The number of aromatic nitrogens is 14. The molecule has 0 saturated carbocycles. The van der Waals surface area contributed by atoms with Gasteiger partial charge in [0.1, 0.15) is 90.6 Å². The van der Waals surface area contributed by atoms with Crippen molar-refractivity contribution >= 4 is 183 Å². The number of halogens is 8. The topological polar surface area (TPSA) is 358 Å². The van der Waals surface area contributed by atoms with Crippen molar-refractivity contribution in [2.24, 2.45) is 5.73 Å². The number of nitrogens with two attached hydrogens (primary N) is 1. The first-order valence-electron chi connectivity index (χ1n) is 31.8. The minimum atomic E-state index is -3.68. The number of imidazole rings is 3. The van der Waals surface area contributed by atoms with Gasteiger partial charge in [-0.15, -0.1) is 12.4 Å². The largest absolute Gasteiger partial charge is 0.506 e. The number of anilines is 2.